The Balaban J connectivity index is 1.33. The number of carboxylic acids is 1. The van der Waals surface area contributed by atoms with Gasteiger partial charge in [-0.3, -0.25) is 9.59 Å². The molecule has 12 nitrogen and oxygen atoms in total. The second-order valence-corrected chi connectivity index (χ2v) is 10.8. The lowest BCUT2D eigenvalue weighted by molar-refractivity contribution is -0.311. The Labute approximate surface area is 248 Å². The maximum atomic E-state index is 12.6. The molecule has 0 spiro atoms. The van der Waals surface area contributed by atoms with Gasteiger partial charge in [0.05, 0.1) is 25.4 Å². The Morgan fingerprint density at radius 3 is 2.40 bits per heavy atom. The molecule has 1 heterocycles. The summed E-state index contributed by atoms with van der Waals surface area (Å²) < 4.78 is 11.2. The van der Waals surface area contributed by atoms with E-state index in [0.717, 1.165) is 34.0 Å². The minimum absolute atomic E-state index is 0.155. The normalized spacial score (nSPS) is 23.5. The highest BCUT2D eigenvalue weighted by Crippen LogP contribution is 2.34. The monoisotopic (exact) mass is 598 g/mol. The number of carbonyl (C=O) groups is 3. The molecule has 3 aromatic rings. The van der Waals surface area contributed by atoms with Gasteiger partial charge in [-0.1, -0.05) is 48.5 Å². The third kappa shape index (κ3) is 7.47. The largest absolute Gasteiger partial charge is 0.477 e. The molecule has 7 N–H and O–H groups in total. The topological polar surface area (TPSA) is 195 Å². The molecule has 0 bridgehead atoms. The summed E-state index contributed by atoms with van der Waals surface area (Å²) >= 11 is 0. The molecule has 0 aliphatic carbocycles. The molecule has 12 heteroatoms. The van der Waals surface area contributed by atoms with E-state index in [1.807, 2.05) is 36.4 Å². The van der Waals surface area contributed by atoms with Crippen LogP contribution < -0.4 is 10.6 Å². The molecule has 1 aliphatic heterocycles. The Morgan fingerprint density at radius 2 is 1.72 bits per heavy atom. The molecule has 0 aromatic heterocycles. The molecule has 3 aromatic carbocycles. The van der Waals surface area contributed by atoms with E-state index in [1.54, 1.807) is 0 Å². The van der Waals surface area contributed by atoms with Crippen LogP contribution in [0.3, 0.4) is 0 Å². The lowest BCUT2D eigenvalue weighted by Crippen LogP contribution is -2.67. The van der Waals surface area contributed by atoms with Crippen molar-refractivity contribution < 1.29 is 49.4 Å². The number of aliphatic carboxylic acids is 1. The number of benzene rings is 3. The first-order chi connectivity index (χ1) is 20.6. The molecule has 1 aliphatic rings. The van der Waals surface area contributed by atoms with Gasteiger partial charge >= 0.3 is 5.97 Å². The molecule has 4 rings (SSSR count). The number of hydrogen-bond donors (Lipinski definition) is 7. The van der Waals surface area contributed by atoms with Gasteiger partial charge in [-0.25, -0.2) is 4.79 Å². The minimum atomic E-state index is -2.39. The third-order valence-corrected chi connectivity index (χ3v) is 7.65. The smallest absolute Gasteiger partial charge is 0.364 e. The van der Waals surface area contributed by atoms with Gasteiger partial charge in [0, 0.05) is 26.3 Å². The molecular weight excluding hydrogens is 560 g/mol. The maximum Gasteiger partial charge on any atom is 0.364 e. The zero-order chi connectivity index (χ0) is 31.1. The molecule has 1 fully saturated rings. The van der Waals surface area contributed by atoms with E-state index in [-0.39, 0.29) is 25.4 Å². The standard InChI is InChI=1S/C31H38N2O10/c1-18(35)33-27-24(36)15-31(30(40)41,43-29(27)28(39)25(37)17-34)42-13-7-6-12-26(38)32-16-20-14-19-8-2-3-9-21(19)23-11-5-4-10-22(20)23/h2-5,8-11,14,24-25,27-29,34,36-37,39H,6-7,12-13,15-17H2,1H3,(H,32,38)(H,33,35)(H,40,41)/t24-,25+,27+,28+,29+,31+/m0/s1. The summed E-state index contributed by atoms with van der Waals surface area (Å²) in [6.45, 7) is 0.476. The fourth-order valence-corrected chi connectivity index (χ4v) is 5.46. The highest BCUT2D eigenvalue weighted by atomic mass is 16.7. The zero-order valence-electron chi connectivity index (χ0n) is 23.8. The van der Waals surface area contributed by atoms with Gasteiger partial charge < -0.3 is 45.6 Å². The summed E-state index contributed by atoms with van der Waals surface area (Å²) in [5.41, 5.74) is 0.989. The third-order valence-electron chi connectivity index (χ3n) is 7.65. The van der Waals surface area contributed by atoms with Gasteiger partial charge in [0.2, 0.25) is 11.8 Å². The quantitative estimate of drug-likeness (QED) is 0.110. The maximum absolute atomic E-state index is 12.6. The van der Waals surface area contributed by atoms with Gasteiger partial charge in [-0.2, -0.15) is 0 Å². The molecule has 43 heavy (non-hydrogen) atoms. The predicted octanol–water partition coefficient (Wildman–Crippen LogP) is 0.946. The number of ether oxygens (including phenoxy) is 2. The van der Waals surface area contributed by atoms with Crippen molar-refractivity contribution in [3.8, 4) is 0 Å². The lowest BCUT2D eigenvalue weighted by atomic mass is 9.88. The number of rotatable bonds is 13. The predicted molar refractivity (Wildman–Crippen MR) is 156 cm³/mol. The van der Waals surface area contributed by atoms with Gasteiger partial charge in [-0.15, -0.1) is 0 Å². The van der Waals surface area contributed by atoms with Crippen LogP contribution >= 0.6 is 0 Å². The SMILES string of the molecule is CC(=O)N[C@H]1[C@H]([C@H](O)[C@H](O)CO)O[C@@](OCCCCC(=O)NCc2cc3ccccc3c3ccccc23)(C(=O)O)C[C@@H]1O. The molecule has 6 atom stereocenters. The second-order valence-electron chi connectivity index (χ2n) is 10.8. The van der Waals surface area contributed by atoms with Crippen molar-refractivity contribution in [2.45, 2.75) is 75.4 Å². The number of aliphatic hydroxyl groups is 4. The Hall–Kier alpha value is -3.65. The fraction of sp³-hybridized carbons (Fsp3) is 0.452. The van der Waals surface area contributed by atoms with Crippen molar-refractivity contribution in [1.29, 1.82) is 0 Å². The highest BCUT2D eigenvalue weighted by molar-refractivity contribution is 6.09. The van der Waals surface area contributed by atoms with Gasteiger partial charge in [0.25, 0.3) is 5.79 Å². The van der Waals surface area contributed by atoms with Crippen molar-refractivity contribution in [3.63, 3.8) is 0 Å². The molecular formula is C31H38N2O10. The Morgan fingerprint density at radius 1 is 1.05 bits per heavy atom. The summed E-state index contributed by atoms with van der Waals surface area (Å²) in [4.78, 5) is 36.5. The summed E-state index contributed by atoms with van der Waals surface area (Å²) in [6, 6.07) is 16.9. The molecule has 0 saturated carbocycles. The Bertz CT molecular complexity index is 1450. The fourth-order valence-electron chi connectivity index (χ4n) is 5.46. The van der Waals surface area contributed by atoms with Gasteiger partial charge in [0.15, 0.2) is 0 Å². The Kier molecular flexibility index (Phi) is 10.7. The highest BCUT2D eigenvalue weighted by Gasteiger charge is 2.55. The van der Waals surface area contributed by atoms with E-state index >= 15 is 0 Å². The van der Waals surface area contributed by atoms with Crippen LogP contribution in [-0.2, 0) is 30.4 Å². The number of fused-ring (bicyclic) bond motifs is 3. The number of carbonyl (C=O) groups excluding carboxylic acids is 2. The average molecular weight is 599 g/mol. The van der Waals surface area contributed by atoms with Crippen molar-refractivity contribution in [1.82, 2.24) is 10.6 Å². The van der Waals surface area contributed by atoms with Crippen LogP contribution in [0.15, 0.2) is 54.6 Å². The van der Waals surface area contributed by atoms with Crippen LogP contribution in [0.25, 0.3) is 21.5 Å². The average Bonchev–Trinajstić information content (AvgIpc) is 2.99. The number of nitrogens with one attached hydrogen (secondary N) is 2. The van der Waals surface area contributed by atoms with Crippen molar-refractivity contribution in [3.05, 3.63) is 60.2 Å². The molecule has 0 radical (unpaired) electrons. The van der Waals surface area contributed by atoms with Crippen LogP contribution in [0.1, 0.15) is 38.2 Å². The number of amides is 2. The van der Waals surface area contributed by atoms with Crippen LogP contribution in [0.4, 0.5) is 0 Å². The number of aliphatic hydroxyl groups excluding tert-OH is 4. The van der Waals surface area contributed by atoms with E-state index in [0.29, 0.717) is 13.0 Å². The van der Waals surface area contributed by atoms with Gasteiger partial charge in [0.1, 0.15) is 18.3 Å². The van der Waals surface area contributed by atoms with E-state index in [9.17, 15) is 39.9 Å². The van der Waals surface area contributed by atoms with E-state index < -0.39 is 61.1 Å². The van der Waals surface area contributed by atoms with E-state index in [4.69, 9.17) is 9.47 Å². The van der Waals surface area contributed by atoms with Crippen LogP contribution in [0.5, 0.6) is 0 Å². The second kappa shape index (κ2) is 14.2. The molecule has 2 amide bonds. The first kappa shape index (κ1) is 32.3. The van der Waals surface area contributed by atoms with Gasteiger partial charge in [-0.05, 0) is 46.0 Å². The molecule has 232 valence electrons. The van der Waals surface area contributed by atoms with Crippen molar-refractivity contribution >= 4 is 39.3 Å². The minimum Gasteiger partial charge on any atom is -0.477 e. The number of hydrogen-bond acceptors (Lipinski definition) is 9. The lowest BCUT2D eigenvalue weighted by Gasteiger charge is -2.46. The zero-order valence-corrected chi connectivity index (χ0v) is 23.8. The summed E-state index contributed by atoms with van der Waals surface area (Å²) in [5.74, 6) is -4.74. The molecule has 0 unspecified atom stereocenters. The van der Waals surface area contributed by atoms with Crippen molar-refractivity contribution in [2.75, 3.05) is 13.2 Å². The molecule has 1 saturated heterocycles. The van der Waals surface area contributed by atoms with Crippen LogP contribution in [0, 0.1) is 0 Å². The number of carboxylic acid groups (broad SMARTS) is 1. The first-order valence-electron chi connectivity index (χ1n) is 14.2. The van der Waals surface area contributed by atoms with E-state index in [1.165, 1.54) is 0 Å². The first-order valence-corrected chi connectivity index (χ1v) is 14.2. The summed E-state index contributed by atoms with van der Waals surface area (Å²) in [5, 5.41) is 60.0. The summed E-state index contributed by atoms with van der Waals surface area (Å²) in [7, 11) is 0. The number of unbranched alkanes of at least 4 members (excludes halogenated alkanes) is 1. The van der Waals surface area contributed by atoms with E-state index in [2.05, 4.69) is 28.8 Å². The van der Waals surface area contributed by atoms with Crippen molar-refractivity contribution in [2.24, 2.45) is 0 Å². The van der Waals surface area contributed by atoms with Crippen LogP contribution in [-0.4, -0.2) is 92.8 Å². The van der Waals surface area contributed by atoms with Crippen LogP contribution in [0.2, 0.25) is 0 Å². The summed E-state index contributed by atoms with van der Waals surface area (Å²) in [6.07, 6.45) is -6.47.